The third-order valence-electron chi connectivity index (χ3n) is 3.38. The normalized spacial score (nSPS) is 10.8. The number of benzene rings is 1. The van der Waals surface area contributed by atoms with Gasteiger partial charge in [0.15, 0.2) is 0 Å². The van der Waals surface area contributed by atoms with E-state index in [1.54, 1.807) is 29.2 Å². The minimum absolute atomic E-state index is 0.205. The minimum Gasteiger partial charge on any atom is -0.351 e. The first kappa shape index (κ1) is 15.8. The van der Waals surface area contributed by atoms with E-state index in [1.165, 1.54) is 11.6 Å². The zero-order chi connectivity index (χ0) is 16.1. The van der Waals surface area contributed by atoms with Crippen LogP contribution < -0.4 is 10.9 Å². The van der Waals surface area contributed by atoms with Crippen LogP contribution in [0.3, 0.4) is 0 Å². The molecule has 23 heavy (non-hydrogen) atoms. The lowest BCUT2D eigenvalue weighted by Crippen LogP contribution is -2.27. The first-order valence-corrected chi connectivity index (χ1v) is 9.33. The van der Waals surface area contributed by atoms with Crippen molar-refractivity contribution in [3.8, 4) is 0 Å². The standard InChI is InChI=1S/C17H16N2O2S2/c20-16-9-14(13-3-1-2-4-15(13)19-16)17(21)18-6-8-23-11-12-5-7-22-10-12/h1-5,7,9-10H,6,8,11H2,(H,18,21)(H,19,20). The van der Waals surface area contributed by atoms with Crippen molar-refractivity contribution in [2.24, 2.45) is 0 Å². The van der Waals surface area contributed by atoms with Crippen LogP contribution in [-0.4, -0.2) is 23.2 Å². The number of thioether (sulfide) groups is 1. The van der Waals surface area contributed by atoms with Crippen LogP contribution in [0.4, 0.5) is 0 Å². The van der Waals surface area contributed by atoms with Crippen molar-refractivity contribution in [1.29, 1.82) is 0 Å². The molecule has 0 bridgehead atoms. The highest BCUT2D eigenvalue weighted by Crippen LogP contribution is 2.15. The van der Waals surface area contributed by atoms with Crippen molar-refractivity contribution in [3.05, 3.63) is 68.6 Å². The Morgan fingerprint density at radius 2 is 2.13 bits per heavy atom. The summed E-state index contributed by atoms with van der Waals surface area (Å²) in [5.41, 5.74) is 2.15. The fourth-order valence-electron chi connectivity index (χ4n) is 2.29. The second-order valence-electron chi connectivity index (χ2n) is 5.03. The minimum atomic E-state index is -0.263. The summed E-state index contributed by atoms with van der Waals surface area (Å²) in [6, 6.07) is 10.8. The summed E-state index contributed by atoms with van der Waals surface area (Å²) in [5, 5.41) is 7.85. The van der Waals surface area contributed by atoms with E-state index in [0.717, 1.165) is 16.9 Å². The van der Waals surface area contributed by atoms with Gasteiger partial charge < -0.3 is 10.3 Å². The summed E-state index contributed by atoms with van der Waals surface area (Å²) in [4.78, 5) is 26.7. The van der Waals surface area contributed by atoms with E-state index in [1.807, 2.05) is 18.2 Å². The Labute approximate surface area is 141 Å². The summed E-state index contributed by atoms with van der Waals surface area (Å²) in [7, 11) is 0. The predicted octanol–water partition coefficient (Wildman–Crippen LogP) is 3.25. The van der Waals surface area contributed by atoms with Gasteiger partial charge in [-0.05, 0) is 28.5 Å². The average Bonchev–Trinajstić information content (AvgIpc) is 3.07. The number of carbonyl (C=O) groups is 1. The molecular formula is C17H16N2O2S2. The number of aromatic nitrogens is 1. The summed E-state index contributed by atoms with van der Waals surface area (Å²) >= 11 is 3.47. The molecule has 0 saturated carbocycles. The molecule has 2 aromatic heterocycles. The Morgan fingerprint density at radius 3 is 2.96 bits per heavy atom. The molecular weight excluding hydrogens is 328 g/mol. The number of fused-ring (bicyclic) bond motifs is 1. The quantitative estimate of drug-likeness (QED) is 0.675. The van der Waals surface area contributed by atoms with Gasteiger partial charge >= 0.3 is 0 Å². The largest absolute Gasteiger partial charge is 0.351 e. The molecule has 3 aromatic rings. The number of nitrogens with one attached hydrogen (secondary N) is 2. The number of hydrogen-bond acceptors (Lipinski definition) is 4. The van der Waals surface area contributed by atoms with Gasteiger partial charge in [-0.3, -0.25) is 9.59 Å². The van der Waals surface area contributed by atoms with Crippen LogP contribution in [0.25, 0.3) is 10.9 Å². The summed E-state index contributed by atoms with van der Waals surface area (Å²) in [6.07, 6.45) is 0. The molecule has 2 N–H and O–H groups in total. The molecule has 118 valence electrons. The number of para-hydroxylation sites is 1. The average molecular weight is 344 g/mol. The molecule has 0 aliphatic heterocycles. The van der Waals surface area contributed by atoms with E-state index in [2.05, 4.69) is 27.1 Å². The monoisotopic (exact) mass is 344 g/mol. The van der Waals surface area contributed by atoms with Crippen molar-refractivity contribution in [2.45, 2.75) is 5.75 Å². The highest BCUT2D eigenvalue weighted by atomic mass is 32.2. The van der Waals surface area contributed by atoms with Gasteiger partial charge in [-0.15, -0.1) is 0 Å². The Kier molecular flexibility index (Phi) is 5.15. The summed E-state index contributed by atoms with van der Waals surface area (Å²) in [6.45, 7) is 0.578. The molecule has 4 nitrogen and oxygen atoms in total. The lowest BCUT2D eigenvalue weighted by molar-refractivity contribution is 0.0957. The summed E-state index contributed by atoms with van der Waals surface area (Å²) in [5.74, 6) is 1.58. The Bertz CT molecular complexity index is 856. The molecule has 0 saturated heterocycles. The maximum absolute atomic E-state index is 12.3. The highest BCUT2D eigenvalue weighted by molar-refractivity contribution is 7.98. The van der Waals surface area contributed by atoms with Gasteiger partial charge in [-0.25, -0.2) is 0 Å². The number of thiophene rings is 1. The van der Waals surface area contributed by atoms with Crippen molar-refractivity contribution in [1.82, 2.24) is 10.3 Å². The third-order valence-corrected chi connectivity index (χ3v) is 5.14. The van der Waals surface area contributed by atoms with E-state index in [-0.39, 0.29) is 11.5 Å². The van der Waals surface area contributed by atoms with Gasteiger partial charge in [0.05, 0.1) is 5.56 Å². The number of hydrogen-bond donors (Lipinski definition) is 2. The van der Waals surface area contributed by atoms with Crippen LogP contribution >= 0.6 is 23.1 Å². The molecule has 0 fully saturated rings. The topological polar surface area (TPSA) is 62.0 Å². The van der Waals surface area contributed by atoms with Crippen LogP contribution in [0, 0.1) is 0 Å². The van der Waals surface area contributed by atoms with Crippen LogP contribution in [0.1, 0.15) is 15.9 Å². The van der Waals surface area contributed by atoms with Gasteiger partial charge in [0, 0.05) is 35.0 Å². The fraction of sp³-hybridized carbons (Fsp3) is 0.176. The molecule has 0 aliphatic carbocycles. The van der Waals surface area contributed by atoms with E-state index in [0.29, 0.717) is 17.6 Å². The SMILES string of the molecule is O=C(NCCSCc1ccsc1)c1cc(=O)[nH]c2ccccc12. The Hall–Kier alpha value is -2.05. The van der Waals surface area contributed by atoms with Gasteiger partial charge in [0.2, 0.25) is 5.56 Å². The van der Waals surface area contributed by atoms with Crippen molar-refractivity contribution < 1.29 is 4.79 Å². The second kappa shape index (κ2) is 7.48. The lowest BCUT2D eigenvalue weighted by atomic mass is 10.1. The molecule has 1 amide bonds. The molecule has 0 aliphatic rings. The van der Waals surface area contributed by atoms with Crippen molar-refractivity contribution >= 4 is 39.9 Å². The maximum atomic E-state index is 12.3. The molecule has 0 spiro atoms. The molecule has 6 heteroatoms. The third kappa shape index (κ3) is 4.03. The molecule has 0 atom stereocenters. The van der Waals surface area contributed by atoms with Crippen LogP contribution in [0.2, 0.25) is 0 Å². The van der Waals surface area contributed by atoms with Crippen molar-refractivity contribution in [3.63, 3.8) is 0 Å². The van der Waals surface area contributed by atoms with Gasteiger partial charge in [-0.2, -0.15) is 23.1 Å². The number of rotatable bonds is 6. The molecule has 0 unspecified atom stereocenters. The summed E-state index contributed by atoms with van der Waals surface area (Å²) < 4.78 is 0. The highest BCUT2D eigenvalue weighted by Gasteiger charge is 2.10. The molecule has 1 aromatic carbocycles. The van der Waals surface area contributed by atoms with Gasteiger partial charge in [0.25, 0.3) is 5.91 Å². The van der Waals surface area contributed by atoms with Crippen LogP contribution in [0.5, 0.6) is 0 Å². The van der Waals surface area contributed by atoms with E-state index in [4.69, 9.17) is 0 Å². The number of amides is 1. The first-order valence-electron chi connectivity index (χ1n) is 7.23. The lowest BCUT2D eigenvalue weighted by Gasteiger charge is -2.07. The second-order valence-corrected chi connectivity index (χ2v) is 6.92. The Balaban J connectivity index is 1.59. The van der Waals surface area contributed by atoms with Gasteiger partial charge in [0.1, 0.15) is 0 Å². The first-order chi connectivity index (χ1) is 11.2. The molecule has 3 rings (SSSR count). The smallest absolute Gasteiger partial charge is 0.252 e. The zero-order valence-corrected chi connectivity index (χ0v) is 14.0. The van der Waals surface area contributed by atoms with Gasteiger partial charge in [-0.1, -0.05) is 18.2 Å². The number of carbonyl (C=O) groups excluding carboxylic acids is 1. The number of pyridine rings is 1. The molecule has 0 radical (unpaired) electrons. The maximum Gasteiger partial charge on any atom is 0.252 e. The fourth-order valence-corrected chi connectivity index (χ4v) is 3.87. The molecule has 2 heterocycles. The number of aromatic amines is 1. The van der Waals surface area contributed by atoms with Crippen molar-refractivity contribution in [2.75, 3.05) is 12.3 Å². The predicted molar refractivity (Wildman–Crippen MR) is 97.4 cm³/mol. The zero-order valence-electron chi connectivity index (χ0n) is 12.4. The van der Waals surface area contributed by atoms with E-state index in [9.17, 15) is 9.59 Å². The Morgan fingerprint density at radius 1 is 1.26 bits per heavy atom. The number of H-pyrrole nitrogens is 1. The van der Waals surface area contributed by atoms with Crippen LogP contribution in [0.15, 0.2) is 52.0 Å². The van der Waals surface area contributed by atoms with E-state index < -0.39 is 0 Å². The van der Waals surface area contributed by atoms with Crippen LogP contribution in [-0.2, 0) is 5.75 Å². The van der Waals surface area contributed by atoms with E-state index >= 15 is 0 Å².